The molecule has 0 aliphatic heterocycles. The summed E-state index contributed by atoms with van der Waals surface area (Å²) in [5, 5.41) is 0. The number of anilines is 1. The van der Waals surface area contributed by atoms with E-state index in [0.717, 1.165) is 25.0 Å². The van der Waals surface area contributed by atoms with Crippen LogP contribution in [-0.2, 0) is 10.0 Å². The van der Waals surface area contributed by atoms with Crippen LogP contribution in [0.5, 0.6) is 0 Å². The zero-order valence-corrected chi connectivity index (χ0v) is 13.2. The third-order valence-corrected chi connectivity index (χ3v) is 6.65. The topological polar surface area (TPSA) is 72.2 Å². The van der Waals surface area contributed by atoms with Crippen molar-refractivity contribution < 1.29 is 12.8 Å². The van der Waals surface area contributed by atoms with E-state index in [4.69, 9.17) is 5.73 Å². The zero-order chi connectivity index (χ0) is 14.5. The van der Waals surface area contributed by atoms with E-state index in [1.54, 1.807) is 0 Å². The van der Waals surface area contributed by atoms with Gasteiger partial charge < -0.3 is 5.73 Å². The average Bonchev–Trinajstić information content (AvgIpc) is 3.24. The molecule has 1 aromatic rings. The van der Waals surface area contributed by atoms with E-state index in [1.807, 2.05) is 0 Å². The summed E-state index contributed by atoms with van der Waals surface area (Å²) < 4.78 is 40.7. The molecule has 0 bridgehead atoms. The number of nitrogens with one attached hydrogen (secondary N) is 1. The van der Waals surface area contributed by atoms with E-state index >= 15 is 0 Å². The van der Waals surface area contributed by atoms with Crippen LogP contribution in [0.3, 0.4) is 0 Å². The molecule has 0 radical (unpaired) electrons. The van der Waals surface area contributed by atoms with Gasteiger partial charge in [-0.2, -0.15) is 0 Å². The molecule has 2 saturated carbocycles. The summed E-state index contributed by atoms with van der Waals surface area (Å²) in [4.78, 5) is -0.0111. The highest BCUT2D eigenvalue weighted by molar-refractivity contribution is 9.10. The maximum Gasteiger partial charge on any atom is 0.241 e. The fraction of sp³-hybridized carbons (Fsp3) is 0.538. The van der Waals surface area contributed by atoms with Crippen molar-refractivity contribution in [3.8, 4) is 0 Å². The van der Waals surface area contributed by atoms with Gasteiger partial charge in [0.1, 0.15) is 5.82 Å². The van der Waals surface area contributed by atoms with Crippen LogP contribution >= 0.6 is 15.9 Å². The SMILES string of the molecule is Nc1cc(S(=O)(=O)NCC2(C3CC3)CC2)c(Br)cc1F. The maximum atomic E-state index is 13.3. The Morgan fingerprint density at radius 1 is 1.40 bits per heavy atom. The Balaban J connectivity index is 1.79. The van der Waals surface area contributed by atoms with Crippen LogP contribution in [0.25, 0.3) is 0 Å². The van der Waals surface area contributed by atoms with E-state index in [1.165, 1.54) is 12.8 Å². The molecule has 0 aromatic heterocycles. The quantitative estimate of drug-likeness (QED) is 0.790. The molecule has 0 saturated heterocycles. The lowest BCUT2D eigenvalue weighted by molar-refractivity contribution is 0.432. The fourth-order valence-electron chi connectivity index (χ4n) is 2.65. The van der Waals surface area contributed by atoms with Crippen LogP contribution in [0.15, 0.2) is 21.5 Å². The number of sulfonamides is 1. The standard InChI is InChI=1S/C13H16BrFN2O2S/c14-9-5-10(15)11(16)6-12(9)20(18,19)17-7-13(3-4-13)8-1-2-8/h5-6,8,17H,1-4,7,16H2. The van der Waals surface area contributed by atoms with Crippen molar-refractivity contribution in [3.05, 3.63) is 22.4 Å². The van der Waals surface area contributed by atoms with Gasteiger partial charge >= 0.3 is 0 Å². The molecule has 20 heavy (non-hydrogen) atoms. The third kappa shape index (κ3) is 2.58. The lowest BCUT2D eigenvalue weighted by Crippen LogP contribution is -2.31. The van der Waals surface area contributed by atoms with Crippen molar-refractivity contribution in [1.82, 2.24) is 4.72 Å². The van der Waals surface area contributed by atoms with E-state index in [9.17, 15) is 12.8 Å². The van der Waals surface area contributed by atoms with Gasteiger partial charge in [-0.1, -0.05) is 0 Å². The highest BCUT2D eigenvalue weighted by atomic mass is 79.9. The minimum atomic E-state index is -3.67. The Bertz CT molecular complexity index is 655. The number of nitrogen functional groups attached to an aromatic ring is 1. The molecular formula is C13H16BrFN2O2S. The van der Waals surface area contributed by atoms with Gasteiger partial charge in [-0.3, -0.25) is 0 Å². The van der Waals surface area contributed by atoms with Gasteiger partial charge in [0.2, 0.25) is 10.0 Å². The molecule has 0 unspecified atom stereocenters. The van der Waals surface area contributed by atoms with Crippen LogP contribution in [0.2, 0.25) is 0 Å². The first-order valence-electron chi connectivity index (χ1n) is 6.58. The van der Waals surface area contributed by atoms with Crippen molar-refractivity contribution in [2.24, 2.45) is 11.3 Å². The largest absolute Gasteiger partial charge is 0.396 e. The van der Waals surface area contributed by atoms with Gasteiger partial charge in [0.25, 0.3) is 0 Å². The van der Waals surface area contributed by atoms with E-state index in [0.29, 0.717) is 12.5 Å². The number of hydrogen-bond donors (Lipinski definition) is 2. The Hall–Kier alpha value is -0.660. The highest BCUT2D eigenvalue weighted by Gasteiger charge is 2.53. The molecule has 0 heterocycles. The van der Waals surface area contributed by atoms with Gasteiger partial charge in [-0.15, -0.1) is 0 Å². The van der Waals surface area contributed by atoms with E-state index in [2.05, 4.69) is 20.7 Å². The van der Waals surface area contributed by atoms with Gasteiger partial charge in [0.15, 0.2) is 0 Å². The highest BCUT2D eigenvalue weighted by Crippen LogP contribution is 2.60. The summed E-state index contributed by atoms with van der Waals surface area (Å²) in [7, 11) is -3.67. The lowest BCUT2D eigenvalue weighted by Gasteiger charge is -2.16. The Labute approximate surface area is 126 Å². The van der Waals surface area contributed by atoms with Crippen LogP contribution in [0.1, 0.15) is 25.7 Å². The minimum Gasteiger partial charge on any atom is -0.396 e. The summed E-state index contributed by atoms with van der Waals surface area (Å²) in [6.45, 7) is 0.462. The first-order valence-corrected chi connectivity index (χ1v) is 8.86. The van der Waals surface area contributed by atoms with Crippen molar-refractivity contribution in [2.75, 3.05) is 12.3 Å². The summed E-state index contributed by atoms with van der Waals surface area (Å²) >= 11 is 3.08. The summed E-state index contributed by atoms with van der Waals surface area (Å²) in [6, 6.07) is 2.23. The second kappa shape index (κ2) is 4.68. The van der Waals surface area contributed by atoms with Crippen molar-refractivity contribution in [2.45, 2.75) is 30.6 Å². The van der Waals surface area contributed by atoms with Gasteiger partial charge in [0, 0.05) is 11.0 Å². The van der Waals surface area contributed by atoms with Crippen LogP contribution in [0, 0.1) is 17.2 Å². The molecule has 4 nitrogen and oxygen atoms in total. The number of benzene rings is 1. The first kappa shape index (κ1) is 14.3. The van der Waals surface area contributed by atoms with Crippen molar-refractivity contribution >= 4 is 31.6 Å². The molecule has 110 valence electrons. The van der Waals surface area contributed by atoms with Gasteiger partial charge in [-0.05, 0) is 65.1 Å². The first-order chi connectivity index (χ1) is 9.34. The lowest BCUT2D eigenvalue weighted by atomic mass is 10.0. The number of rotatable bonds is 5. The third-order valence-electron chi connectivity index (χ3n) is 4.29. The molecule has 0 atom stereocenters. The summed E-state index contributed by atoms with van der Waals surface area (Å²) in [6.07, 6.45) is 4.59. The monoisotopic (exact) mass is 362 g/mol. The Morgan fingerprint density at radius 3 is 2.60 bits per heavy atom. The Kier molecular flexibility index (Phi) is 3.34. The minimum absolute atomic E-state index is 0.0111. The predicted octanol–water partition coefficient (Wildman–Crippen LogP) is 2.64. The summed E-state index contributed by atoms with van der Waals surface area (Å²) in [5.74, 6) is 0.0411. The smallest absolute Gasteiger partial charge is 0.241 e. The second-order valence-electron chi connectivity index (χ2n) is 5.77. The average molecular weight is 363 g/mol. The van der Waals surface area contributed by atoms with Gasteiger partial charge in [-0.25, -0.2) is 17.5 Å². The second-order valence-corrected chi connectivity index (χ2v) is 8.36. The molecule has 0 amide bonds. The summed E-state index contributed by atoms with van der Waals surface area (Å²) in [5.41, 5.74) is 5.45. The van der Waals surface area contributed by atoms with E-state index < -0.39 is 15.8 Å². The van der Waals surface area contributed by atoms with Crippen LogP contribution in [0.4, 0.5) is 10.1 Å². The maximum absolute atomic E-state index is 13.3. The molecule has 2 fully saturated rings. The number of halogens is 2. The zero-order valence-electron chi connectivity index (χ0n) is 10.8. The molecule has 0 spiro atoms. The molecule has 1 aromatic carbocycles. The molecule has 2 aliphatic rings. The van der Waals surface area contributed by atoms with Crippen molar-refractivity contribution in [1.29, 1.82) is 0 Å². The molecule has 3 rings (SSSR count). The normalized spacial score (nSPS) is 20.9. The Morgan fingerprint density at radius 2 is 2.05 bits per heavy atom. The van der Waals surface area contributed by atoms with Crippen LogP contribution in [-0.4, -0.2) is 15.0 Å². The van der Waals surface area contributed by atoms with Crippen molar-refractivity contribution in [3.63, 3.8) is 0 Å². The van der Waals surface area contributed by atoms with Gasteiger partial charge in [0.05, 0.1) is 10.6 Å². The molecular weight excluding hydrogens is 347 g/mol. The number of hydrogen-bond acceptors (Lipinski definition) is 3. The van der Waals surface area contributed by atoms with E-state index in [-0.39, 0.29) is 20.5 Å². The fourth-order valence-corrected chi connectivity index (χ4v) is 4.84. The predicted molar refractivity (Wildman–Crippen MR) is 78.1 cm³/mol. The van der Waals surface area contributed by atoms with Crippen LogP contribution < -0.4 is 10.5 Å². The molecule has 2 aliphatic carbocycles. The molecule has 3 N–H and O–H groups in total. The number of nitrogens with two attached hydrogens (primary N) is 1. The molecule has 7 heteroatoms.